The standard InChI is InChI=1S/C20H21N7O/c28-18-9-20(27-5-4-21-12-27)23-10-16(18)17-11-22-19(26-25-17)8-13-6-14-2-1-3-15(7-13)24-14/h4-5,8-12,14-15,24H,1-3,6-7H2,(H,23,28)/b13-8-/t14-,15+/m0/s1. The third-order valence-electron chi connectivity index (χ3n) is 5.42. The first-order valence-corrected chi connectivity index (χ1v) is 9.57. The fourth-order valence-electron chi connectivity index (χ4n) is 4.09. The van der Waals surface area contributed by atoms with E-state index in [-0.39, 0.29) is 5.75 Å². The highest BCUT2D eigenvalue weighted by Gasteiger charge is 2.27. The van der Waals surface area contributed by atoms with E-state index in [2.05, 4.69) is 36.5 Å². The fraction of sp³-hybridized carbons (Fsp3) is 0.350. The van der Waals surface area contributed by atoms with Crippen LogP contribution in [0.4, 0.5) is 0 Å². The molecule has 0 unspecified atom stereocenters. The summed E-state index contributed by atoms with van der Waals surface area (Å²) in [7, 11) is 0. The van der Waals surface area contributed by atoms with Crippen LogP contribution in [0, 0.1) is 0 Å². The number of nitrogens with zero attached hydrogens (tertiary/aromatic N) is 6. The van der Waals surface area contributed by atoms with E-state index in [1.165, 1.54) is 24.8 Å². The van der Waals surface area contributed by atoms with E-state index >= 15 is 0 Å². The molecule has 0 saturated carbocycles. The van der Waals surface area contributed by atoms with Gasteiger partial charge in [-0.25, -0.2) is 15.0 Å². The Morgan fingerprint density at radius 3 is 2.64 bits per heavy atom. The fourth-order valence-corrected chi connectivity index (χ4v) is 4.09. The number of hydrogen-bond donors (Lipinski definition) is 2. The summed E-state index contributed by atoms with van der Waals surface area (Å²) in [6.07, 6.45) is 16.2. The van der Waals surface area contributed by atoms with Crippen molar-refractivity contribution < 1.29 is 5.11 Å². The van der Waals surface area contributed by atoms with Crippen LogP contribution in [0.5, 0.6) is 5.75 Å². The molecule has 8 nitrogen and oxygen atoms in total. The van der Waals surface area contributed by atoms with Crippen molar-refractivity contribution in [3.05, 3.63) is 48.6 Å². The molecule has 0 spiro atoms. The number of imidazole rings is 1. The highest BCUT2D eigenvalue weighted by atomic mass is 16.3. The van der Waals surface area contributed by atoms with E-state index in [1.807, 2.05) is 0 Å². The van der Waals surface area contributed by atoms with Crippen molar-refractivity contribution in [2.75, 3.05) is 0 Å². The zero-order valence-corrected chi connectivity index (χ0v) is 15.4. The molecule has 0 radical (unpaired) electrons. The molecule has 5 heterocycles. The summed E-state index contributed by atoms with van der Waals surface area (Å²) >= 11 is 0. The van der Waals surface area contributed by atoms with Crippen molar-refractivity contribution in [3.8, 4) is 22.8 Å². The van der Waals surface area contributed by atoms with E-state index in [1.54, 1.807) is 41.7 Å². The number of aromatic nitrogens is 6. The third-order valence-corrected chi connectivity index (χ3v) is 5.42. The highest BCUT2D eigenvalue weighted by molar-refractivity contribution is 5.66. The Balaban J connectivity index is 1.36. The molecule has 0 aliphatic carbocycles. The summed E-state index contributed by atoms with van der Waals surface area (Å²) in [6, 6.07) is 2.74. The van der Waals surface area contributed by atoms with Crippen molar-refractivity contribution in [2.24, 2.45) is 0 Å². The number of nitrogens with one attached hydrogen (secondary N) is 1. The topological polar surface area (TPSA) is 102 Å². The Kier molecular flexibility index (Phi) is 4.32. The van der Waals surface area contributed by atoms with Crippen molar-refractivity contribution in [1.82, 2.24) is 35.0 Å². The molecule has 28 heavy (non-hydrogen) atoms. The van der Waals surface area contributed by atoms with Crippen LogP contribution in [0.2, 0.25) is 0 Å². The highest BCUT2D eigenvalue weighted by Crippen LogP contribution is 2.30. The molecular weight excluding hydrogens is 354 g/mol. The molecule has 2 saturated heterocycles. The Morgan fingerprint density at radius 1 is 1.11 bits per heavy atom. The molecule has 2 N–H and O–H groups in total. The minimum Gasteiger partial charge on any atom is -0.507 e. The van der Waals surface area contributed by atoms with E-state index in [0.29, 0.717) is 35.0 Å². The number of rotatable bonds is 3. The van der Waals surface area contributed by atoms with E-state index in [9.17, 15) is 5.11 Å². The van der Waals surface area contributed by atoms with Crippen LogP contribution in [0.25, 0.3) is 23.2 Å². The van der Waals surface area contributed by atoms with E-state index in [0.717, 1.165) is 12.8 Å². The van der Waals surface area contributed by atoms with Gasteiger partial charge in [0.15, 0.2) is 5.82 Å². The predicted octanol–water partition coefficient (Wildman–Crippen LogP) is 2.51. The van der Waals surface area contributed by atoms with Gasteiger partial charge in [-0.3, -0.25) is 4.57 Å². The van der Waals surface area contributed by atoms with Crippen LogP contribution in [-0.2, 0) is 0 Å². The summed E-state index contributed by atoms with van der Waals surface area (Å²) < 4.78 is 1.72. The number of fused-ring (bicyclic) bond motifs is 2. The maximum Gasteiger partial charge on any atom is 0.174 e. The Morgan fingerprint density at radius 2 is 1.96 bits per heavy atom. The van der Waals surface area contributed by atoms with Crippen LogP contribution >= 0.6 is 0 Å². The van der Waals surface area contributed by atoms with Crippen LogP contribution in [0.15, 0.2) is 42.8 Å². The first-order chi connectivity index (χ1) is 13.7. The summed E-state index contributed by atoms with van der Waals surface area (Å²) in [5.74, 6) is 1.27. The first kappa shape index (κ1) is 17.0. The van der Waals surface area contributed by atoms with Gasteiger partial charge < -0.3 is 10.4 Å². The normalized spacial score (nSPS) is 23.1. The van der Waals surface area contributed by atoms with Crippen molar-refractivity contribution in [3.63, 3.8) is 0 Å². The molecule has 2 aliphatic heterocycles. The largest absolute Gasteiger partial charge is 0.507 e. The molecule has 0 amide bonds. The van der Waals surface area contributed by atoms with Gasteiger partial charge in [0.1, 0.15) is 23.6 Å². The molecule has 2 aliphatic rings. The maximum absolute atomic E-state index is 10.4. The molecule has 2 atom stereocenters. The minimum absolute atomic E-state index is 0.0760. The first-order valence-electron chi connectivity index (χ1n) is 9.57. The lowest BCUT2D eigenvalue weighted by molar-refractivity contribution is 0.283. The number of aromatic hydroxyl groups is 1. The van der Waals surface area contributed by atoms with Crippen LogP contribution in [0.3, 0.4) is 0 Å². The average Bonchev–Trinajstić information content (AvgIpc) is 3.23. The molecule has 8 heteroatoms. The molecular formula is C20H21N7O. The average molecular weight is 375 g/mol. The van der Waals surface area contributed by atoms with Gasteiger partial charge in [0, 0.05) is 36.7 Å². The van der Waals surface area contributed by atoms with Crippen LogP contribution in [-0.4, -0.2) is 46.9 Å². The lowest BCUT2D eigenvalue weighted by Crippen LogP contribution is -2.46. The molecule has 2 bridgehead atoms. The lowest BCUT2D eigenvalue weighted by atomic mass is 9.84. The smallest absolute Gasteiger partial charge is 0.174 e. The Hall–Kier alpha value is -3.13. The maximum atomic E-state index is 10.4. The van der Waals surface area contributed by atoms with Gasteiger partial charge >= 0.3 is 0 Å². The van der Waals surface area contributed by atoms with Crippen LogP contribution < -0.4 is 5.32 Å². The number of piperidine rings is 2. The lowest BCUT2D eigenvalue weighted by Gasteiger charge is -2.37. The second-order valence-electron chi connectivity index (χ2n) is 7.43. The summed E-state index contributed by atoms with van der Waals surface area (Å²) in [5, 5.41) is 22.6. The zero-order valence-electron chi connectivity index (χ0n) is 15.4. The minimum atomic E-state index is 0.0760. The van der Waals surface area contributed by atoms with Crippen molar-refractivity contribution in [2.45, 2.75) is 44.2 Å². The summed E-state index contributed by atoms with van der Waals surface area (Å²) in [5.41, 5.74) is 2.38. The SMILES string of the molecule is Oc1cc(-n2ccnc2)ncc1-c1cnc(/C=C2\C[C@H]3CCC[C@@H](C2)N3)nn1. The van der Waals surface area contributed by atoms with Gasteiger partial charge in [0.2, 0.25) is 0 Å². The monoisotopic (exact) mass is 375 g/mol. The van der Waals surface area contributed by atoms with Gasteiger partial charge in [-0.15, -0.1) is 10.2 Å². The second-order valence-corrected chi connectivity index (χ2v) is 7.43. The van der Waals surface area contributed by atoms with E-state index < -0.39 is 0 Å². The Bertz CT molecular complexity index is 984. The molecule has 142 valence electrons. The predicted molar refractivity (Wildman–Crippen MR) is 104 cm³/mol. The molecule has 0 aromatic carbocycles. The van der Waals surface area contributed by atoms with Gasteiger partial charge in [-0.2, -0.15) is 0 Å². The summed E-state index contributed by atoms with van der Waals surface area (Å²) in [4.78, 5) is 12.8. The van der Waals surface area contributed by atoms with Crippen molar-refractivity contribution >= 4 is 6.08 Å². The van der Waals surface area contributed by atoms with Gasteiger partial charge in [-0.1, -0.05) is 12.0 Å². The third kappa shape index (κ3) is 3.38. The molecule has 5 rings (SSSR count). The van der Waals surface area contributed by atoms with Gasteiger partial charge in [-0.05, 0) is 31.8 Å². The summed E-state index contributed by atoms with van der Waals surface area (Å²) in [6.45, 7) is 0. The Labute approximate surface area is 162 Å². The quantitative estimate of drug-likeness (QED) is 0.725. The van der Waals surface area contributed by atoms with Crippen LogP contribution in [0.1, 0.15) is 37.9 Å². The second kappa shape index (κ2) is 7.12. The number of hydrogen-bond acceptors (Lipinski definition) is 7. The molecule has 3 aromatic rings. The molecule has 3 aromatic heterocycles. The molecule has 2 fully saturated rings. The number of pyridine rings is 1. The van der Waals surface area contributed by atoms with Gasteiger partial charge in [0.05, 0.1) is 11.8 Å². The zero-order chi connectivity index (χ0) is 18.9. The van der Waals surface area contributed by atoms with E-state index in [4.69, 9.17) is 0 Å². The van der Waals surface area contributed by atoms with Crippen molar-refractivity contribution in [1.29, 1.82) is 0 Å². The van der Waals surface area contributed by atoms with Gasteiger partial charge in [0.25, 0.3) is 0 Å².